The number of carbonyl (C=O) groups is 1. The number of benzene rings is 1. The fourth-order valence-corrected chi connectivity index (χ4v) is 4.06. The average Bonchev–Trinajstić information content (AvgIpc) is 3.13. The molecular formula is C17H20N4O2S. The van der Waals surface area contributed by atoms with Crippen LogP contribution in [0.4, 0.5) is 5.13 Å². The third-order valence-corrected chi connectivity index (χ3v) is 5.46. The van der Waals surface area contributed by atoms with Gasteiger partial charge in [0.2, 0.25) is 11.0 Å². The topological polar surface area (TPSA) is 58.6 Å². The Hall–Kier alpha value is -2.15. The third kappa shape index (κ3) is 2.84. The van der Waals surface area contributed by atoms with Crippen LogP contribution in [0.25, 0.3) is 0 Å². The van der Waals surface area contributed by atoms with Crippen molar-refractivity contribution < 1.29 is 9.53 Å². The Morgan fingerprint density at radius 3 is 2.96 bits per heavy atom. The lowest BCUT2D eigenvalue weighted by atomic mass is 10.00. The van der Waals surface area contributed by atoms with E-state index < -0.39 is 0 Å². The van der Waals surface area contributed by atoms with E-state index in [-0.39, 0.29) is 11.8 Å². The monoisotopic (exact) mass is 344 g/mol. The maximum atomic E-state index is 13.0. The first-order chi connectivity index (χ1) is 11.7. The summed E-state index contributed by atoms with van der Waals surface area (Å²) < 4.78 is 9.93. The van der Waals surface area contributed by atoms with Gasteiger partial charge < -0.3 is 14.5 Å². The zero-order chi connectivity index (χ0) is 16.5. The van der Waals surface area contributed by atoms with E-state index in [1.165, 1.54) is 11.5 Å². The van der Waals surface area contributed by atoms with Gasteiger partial charge in [0.15, 0.2) is 0 Å². The van der Waals surface area contributed by atoms with E-state index in [0.717, 1.165) is 54.9 Å². The summed E-state index contributed by atoms with van der Waals surface area (Å²) in [4.78, 5) is 21.6. The highest BCUT2D eigenvalue weighted by atomic mass is 32.1. The zero-order valence-corrected chi connectivity index (χ0v) is 14.5. The minimum absolute atomic E-state index is 0.170. The number of aryl methyl sites for hydroxylation is 1. The number of carbonyl (C=O) groups excluding carboxylic acids is 1. The van der Waals surface area contributed by atoms with E-state index in [1.807, 2.05) is 36.1 Å². The van der Waals surface area contributed by atoms with Crippen LogP contribution in [0.15, 0.2) is 24.3 Å². The average molecular weight is 344 g/mol. The number of aromatic nitrogens is 2. The zero-order valence-electron chi connectivity index (χ0n) is 13.6. The number of para-hydroxylation sites is 1. The standard InChI is InChI=1S/C17H20N4O2S/c1-12-18-17(24-19-12)21-8-4-7-20(9-10-21)16(22)14-11-23-15-6-3-2-5-13(14)15/h2-3,5-6,14H,4,7-11H2,1H3. The molecule has 1 saturated heterocycles. The maximum absolute atomic E-state index is 13.0. The number of amides is 1. The molecule has 2 aromatic rings. The van der Waals surface area contributed by atoms with Gasteiger partial charge in [-0.3, -0.25) is 4.79 Å². The van der Waals surface area contributed by atoms with E-state index in [4.69, 9.17) is 4.74 Å². The van der Waals surface area contributed by atoms with E-state index in [0.29, 0.717) is 6.61 Å². The second-order valence-electron chi connectivity index (χ2n) is 6.19. The maximum Gasteiger partial charge on any atom is 0.233 e. The Morgan fingerprint density at radius 1 is 1.25 bits per heavy atom. The fourth-order valence-electron chi connectivity index (χ4n) is 3.33. The molecule has 0 N–H and O–H groups in total. The lowest BCUT2D eigenvalue weighted by molar-refractivity contribution is -0.132. The van der Waals surface area contributed by atoms with Gasteiger partial charge in [0.1, 0.15) is 24.1 Å². The lowest BCUT2D eigenvalue weighted by Crippen LogP contribution is -2.38. The molecule has 1 atom stereocenters. The molecule has 126 valence electrons. The summed E-state index contributed by atoms with van der Waals surface area (Å²) in [5.74, 6) is 1.66. The molecule has 1 fully saturated rings. The first kappa shape index (κ1) is 15.4. The number of hydrogen-bond acceptors (Lipinski definition) is 6. The molecule has 1 amide bonds. The second kappa shape index (κ2) is 6.39. The molecule has 1 aromatic heterocycles. The van der Waals surface area contributed by atoms with Crippen molar-refractivity contribution in [3.8, 4) is 5.75 Å². The molecule has 24 heavy (non-hydrogen) atoms. The van der Waals surface area contributed by atoms with Crippen molar-refractivity contribution >= 4 is 22.6 Å². The number of hydrogen-bond donors (Lipinski definition) is 0. The number of nitrogens with zero attached hydrogens (tertiary/aromatic N) is 4. The van der Waals surface area contributed by atoms with Crippen LogP contribution >= 0.6 is 11.5 Å². The van der Waals surface area contributed by atoms with Crippen LogP contribution in [-0.4, -0.2) is 53.0 Å². The molecule has 4 rings (SSSR count). The van der Waals surface area contributed by atoms with Gasteiger partial charge in [-0.2, -0.15) is 4.37 Å². The Balaban J connectivity index is 1.45. The molecule has 0 radical (unpaired) electrons. The van der Waals surface area contributed by atoms with Gasteiger partial charge >= 0.3 is 0 Å². The molecule has 0 bridgehead atoms. The van der Waals surface area contributed by atoms with Gasteiger partial charge in [-0.15, -0.1) is 0 Å². The summed E-state index contributed by atoms with van der Waals surface area (Å²) in [7, 11) is 0. The Bertz CT molecular complexity index is 748. The van der Waals surface area contributed by atoms with Gasteiger partial charge in [-0.05, 0) is 19.4 Å². The largest absolute Gasteiger partial charge is 0.492 e. The van der Waals surface area contributed by atoms with Crippen LogP contribution < -0.4 is 9.64 Å². The summed E-state index contributed by atoms with van der Waals surface area (Å²) in [6.45, 7) is 5.58. The summed E-state index contributed by atoms with van der Waals surface area (Å²) in [6.07, 6.45) is 0.944. The number of fused-ring (bicyclic) bond motifs is 1. The predicted octanol–water partition coefficient (Wildman–Crippen LogP) is 2.06. The SMILES string of the molecule is Cc1nsc(N2CCCN(C(=O)C3COc4ccccc43)CC2)n1. The molecule has 2 aliphatic rings. The van der Waals surface area contributed by atoms with Gasteiger partial charge in [-0.1, -0.05) is 18.2 Å². The molecule has 0 spiro atoms. The van der Waals surface area contributed by atoms with Crippen LogP contribution in [0.1, 0.15) is 23.7 Å². The third-order valence-electron chi connectivity index (χ3n) is 4.59. The quantitative estimate of drug-likeness (QED) is 0.835. The highest BCUT2D eigenvalue weighted by Crippen LogP contribution is 2.34. The lowest BCUT2D eigenvalue weighted by Gasteiger charge is -2.24. The van der Waals surface area contributed by atoms with E-state index in [2.05, 4.69) is 14.3 Å². The molecule has 2 aliphatic heterocycles. The summed E-state index contributed by atoms with van der Waals surface area (Å²) >= 11 is 1.43. The molecule has 1 aromatic carbocycles. The summed E-state index contributed by atoms with van der Waals surface area (Å²) in [5, 5.41) is 0.955. The first-order valence-corrected chi connectivity index (χ1v) is 9.05. The van der Waals surface area contributed by atoms with Crippen molar-refractivity contribution in [3.63, 3.8) is 0 Å². The van der Waals surface area contributed by atoms with Crippen molar-refractivity contribution in [3.05, 3.63) is 35.7 Å². The van der Waals surface area contributed by atoms with Gasteiger partial charge in [0, 0.05) is 43.3 Å². The molecule has 6 nitrogen and oxygen atoms in total. The molecule has 1 unspecified atom stereocenters. The smallest absolute Gasteiger partial charge is 0.233 e. The van der Waals surface area contributed by atoms with Gasteiger partial charge in [0.05, 0.1) is 0 Å². The minimum Gasteiger partial charge on any atom is -0.492 e. The normalized spacial score (nSPS) is 20.5. The first-order valence-electron chi connectivity index (χ1n) is 8.28. The van der Waals surface area contributed by atoms with E-state index in [9.17, 15) is 4.79 Å². The van der Waals surface area contributed by atoms with Crippen LogP contribution in [0, 0.1) is 6.92 Å². The van der Waals surface area contributed by atoms with Crippen LogP contribution in [0.2, 0.25) is 0 Å². The van der Waals surface area contributed by atoms with Crippen LogP contribution in [0.5, 0.6) is 5.75 Å². The van der Waals surface area contributed by atoms with Crippen molar-refractivity contribution in [1.82, 2.24) is 14.3 Å². The van der Waals surface area contributed by atoms with E-state index >= 15 is 0 Å². The Kier molecular flexibility index (Phi) is 4.10. The Morgan fingerprint density at radius 2 is 2.12 bits per heavy atom. The number of rotatable bonds is 2. The number of anilines is 1. The van der Waals surface area contributed by atoms with Gasteiger partial charge in [-0.25, -0.2) is 4.98 Å². The molecule has 0 saturated carbocycles. The van der Waals surface area contributed by atoms with Crippen molar-refractivity contribution in [2.45, 2.75) is 19.3 Å². The van der Waals surface area contributed by atoms with Crippen molar-refractivity contribution in [1.29, 1.82) is 0 Å². The molecule has 7 heteroatoms. The summed E-state index contributed by atoms with van der Waals surface area (Å²) in [5.41, 5.74) is 1.02. The van der Waals surface area contributed by atoms with Crippen LogP contribution in [-0.2, 0) is 4.79 Å². The van der Waals surface area contributed by atoms with Crippen molar-refractivity contribution in [2.24, 2.45) is 0 Å². The molecule has 0 aliphatic carbocycles. The van der Waals surface area contributed by atoms with Gasteiger partial charge in [0.25, 0.3) is 0 Å². The van der Waals surface area contributed by atoms with Crippen LogP contribution in [0.3, 0.4) is 0 Å². The fraction of sp³-hybridized carbons (Fsp3) is 0.471. The molecule has 3 heterocycles. The predicted molar refractivity (Wildman–Crippen MR) is 92.7 cm³/mol. The molecular weight excluding hydrogens is 324 g/mol. The summed E-state index contributed by atoms with van der Waals surface area (Å²) in [6, 6.07) is 7.85. The van der Waals surface area contributed by atoms with E-state index in [1.54, 1.807) is 0 Å². The highest BCUT2D eigenvalue weighted by Gasteiger charge is 2.34. The number of ether oxygens (including phenoxy) is 1. The minimum atomic E-state index is -0.170. The second-order valence-corrected chi connectivity index (χ2v) is 6.92. The van der Waals surface area contributed by atoms with Crippen molar-refractivity contribution in [2.75, 3.05) is 37.7 Å². The highest BCUT2D eigenvalue weighted by molar-refractivity contribution is 7.09. The Labute approximate surface area is 145 Å².